The minimum atomic E-state index is 0.583. The van der Waals surface area contributed by atoms with E-state index in [0.29, 0.717) is 12.1 Å². The normalized spacial score (nSPS) is 19.6. The Morgan fingerprint density at radius 3 is 2.42 bits per heavy atom. The van der Waals surface area contributed by atoms with Crippen molar-refractivity contribution in [2.24, 2.45) is 0 Å². The summed E-state index contributed by atoms with van der Waals surface area (Å²) in [5, 5.41) is 3.98. The van der Waals surface area contributed by atoms with Crippen LogP contribution < -0.4 is 4.90 Å². The highest BCUT2D eigenvalue weighted by atomic mass is 16.5. The second-order valence-corrected chi connectivity index (χ2v) is 7.10. The zero-order valence-corrected chi connectivity index (χ0v) is 14.5. The lowest BCUT2D eigenvalue weighted by Crippen LogP contribution is -2.46. The first kappa shape index (κ1) is 15.6. The molecule has 24 heavy (non-hydrogen) atoms. The summed E-state index contributed by atoms with van der Waals surface area (Å²) in [6.45, 7) is 7.06. The molecule has 0 atom stereocenters. The van der Waals surface area contributed by atoms with Gasteiger partial charge < -0.3 is 9.42 Å². The van der Waals surface area contributed by atoms with Crippen molar-refractivity contribution >= 4 is 5.82 Å². The quantitative estimate of drug-likeness (QED) is 0.841. The molecule has 2 aliphatic rings. The molecule has 6 nitrogen and oxygen atoms in total. The number of anilines is 1. The average Bonchev–Trinajstić information content (AvgIpc) is 3.32. The molecule has 2 aromatic heterocycles. The summed E-state index contributed by atoms with van der Waals surface area (Å²) in [4.78, 5) is 13.8. The van der Waals surface area contributed by atoms with Crippen LogP contribution in [0.15, 0.2) is 23.0 Å². The summed E-state index contributed by atoms with van der Waals surface area (Å²) in [5.41, 5.74) is 2.00. The third-order valence-electron chi connectivity index (χ3n) is 5.00. The number of rotatable bonds is 5. The fourth-order valence-corrected chi connectivity index (χ4v) is 3.67. The van der Waals surface area contributed by atoms with Crippen molar-refractivity contribution in [1.82, 2.24) is 20.0 Å². The van der Waals surface area contributed by atoms with Gasteiger partial charge in [0.25, 0.3) is 0 Å². The van der Waals surface area contributed by atoms with E-state index in [9.17, 15) is 0 Å². The van der Waals surface area contributed by atoms with E-state index in [4.69, 9.17) is 4.52 Å². The molecule has 0 radical (unpaired) electrons. The molecule has 0 unspecified atom stereocenters. The molecule has 1 aliphatic heterocycles. The van der Waals surface area contributed by atoms with Crippen molar-refractivity contribution in [3.8, 4) is 0 Å². The second kappa shape index (κ2) is 6.51. The zero-order valence-electron chi connectivity index (χ0n) is 14.5. The standard InChI is InChI=1S/C18H25N5O/c1-13-10-18(20-12-19-13)23(15-3-4-15)16-5-7-22(8-6-16)11-17-9-14(2)21-24-17/h9-10,12,15-16H,3-8,11H2,1-2H3. The van der Waals surface area contributed by atoms with Crippen molar-refractivity contribution in [2.45, 2.75) is 58.2 Å². The van der Waals surface area contributed by atoms with Gasteiger partial charge in [-0.25, -0.2) is 9.97 Å². The Hall–Kier alpha value is -1.95. The second-order valence-electron chi connectivity index (χ2n) is 7.10. The van der Waals surface area contributed by atoms with E-state index in [1.165, 1.54) is 25.7 Å². The average molecular weight is 327 g/mol. The number of nitrogens with zero attached hydrogens (tertiary/aromatic N) is 5. The summed E-state index contributed by atoms with van der Waals surface area (Å²) in [6, 6.07) is 5.42. The lowest BCUT2D eigenvalue weighted by Gasteiger charge is -2.39. The Kier molecular flexibility index (Phi) is 4.22. The summed E-state index contributed by atoms with van der Waals surface area (Å²) in [5.74, 6) is 2.07. The fraction of sp³-hybridized carbons (Fsp3) is 0.611. The van der Waals surface area contributed by atoms with Crippen LogP contribution in [-0.2, 0) is 6.54 Å². The van der Waals surface area contributed by atoms with E-state index in [-0.39, 0.29) is 0 Å². The molecule has 0 bridgehead atoms. The molecule has 4 rings (SSSR count). The molecule has 1 saturated carbocycles. The fourth-order valence-electron chi connectivity index (χ4n) is 3.67. The van der Waals surface area contributed by atoms with Crippen molar-refractivity contribution in [3.63, 3.8) is 0 Å². The van der Waals surface area contributed by atoms with Gasteiger partial charge in [-0.1, -0.05) is 5.16 Å². The van der Waals surface area contributed by atoms with Crippen molar-refractivity contribution in [1.29, 1.82) is 0 Å². The third-order valence-corrected chi connectivity index (χ3v) is 5.00. The third kappa shape index (κ3) is 3.43. The van der Waals surface area contributed by atoms with Crippen LogP contribution in [0.25, 0.3) is 0 Å². The zero-order chi connectivity index (χ0) is 16.5. The highest BCUT2D eigenvalue weighted by molar-refractivity contribution is 5.43. The number of aromatic nitrogens is 3. The molecule has 2 aromatic rings. The molecule has 2 fully saturated rings. The first-order chi connectivity index (χ1) is 11.7. The van der Waals surface area contributed by atoms with Gasteiger partial charge in [0.05, 0.1) is 12.2 Å². The van der Waals surface area contributed by atoms with Gasteiger partial charge in [0.2, 0.25) is 0 Å². The molecule has 1 saturated heterocycles. The maximum Gasteiger partial charge on any atom is 0.150 e. The Morgan fingerprint density at radius 1 is 1.04 bits per heavy atom. The maximum absolute atomic E-state index is 5.35. The van der Waals surface area contributed by atoms with E-state index in [1.807, 2.05) is 19.9 Å². The first-order valence-corrected chi connectivity index (χ1v) is 8.90. The predicted octanol–water partition coefficient (Wildman–Crippen LogP) is 2.71. The number of hydrogen-bond donors (Lipinski definition) is 0. The molecule has 6 heteroatoms. The Balaban J connectivity index is 1.40. The van der Waals surface area contributed by atoms with E-state index in [1.54, 1.807) is 6.33 Å². The van der Waals surface area contributed by atoms with Crippen LogP contribution in [0.2, 0.25) is 0 Å². The number of likely N-dealkylation sites (tertiary alicyclic amines) is 1. The van der Waals surface area contributed by atoms with E-state index in [0.717, 1.165) is 42.6 Å². The van der Waals surface area contributed by atoms with Gasteiger partial charge in [0, 0.05) is 43.0 Å². The van der Waals surface area contributed by atoms with Crippen LogP contribution in [0, 0.1) is 13.8 Å². The topological polar surface area (TPSA) is 58.3 Å². The molecule has 0 N–H and O–H groups in total. The summed E-state index contributed by atoms with van der Waals surface area (Å²) < 4.78 is 5.35. The van der Waals surface area contributed by atoms with Crippen LogP contribution in [0.5, 0.6) is 0 Å². The first-order valence-electron chi connectivity index (χ1n) is 8.90. The number of hydrogen-bond acceptors (Lipinski definition) is 6. The van der Waals surface area contributed by atoms with Crippen LogP contribution in [0.4, 0.5) is 5.82 Å². The van der Waals surface area contributed by atoms with Crippen LogP contribution in [0.3, 0.4) is 0 Å². The van der Waals surface area contributed by atoms with Gasteiger partial charge in [-0.3, -0.25) is 4.90 Å². The molecule has 1 aliphatic carbocycles. The van der Waals surface area contributed by atoms with Crippen molar-refractivity contribution in [2.75, 3.05) is 18.0 Å². The molecular formula is C18H25N5O. The van der Waals surface area contributed by atoms with Gasteiger partial charge >= 0.3 is 0 Å². The Bertz CT molecular complexity index is 688. The lowest BCUT2D eigenvalue weighted by atomic mass is 10.0. The molecule has 3 heterocycles. The van der Waals surface area contributed by atoms with Gasteiger partial charge in [-0.15, -0.1) is 0 Å². The minimum Gasteiger partial charge on any atom is -0.360 e. The van der Waals surface area contributed by atoms with E-state index in [2.05, 4.69) is 31.0 Å². The number of aryl methyl sites for hydroxylation is 2. The Labute approximate surface area is 142 Å². The predicted molar refractivity (Wildman–Crippen MR) is 91.8 cm³/mol. The molecule has 0 amide bonds. The monoisotopic (exact) mass is 327 g/mol. The van der Waals surface area contributed by atoms with Gasteiger partial charge in [-0.05, 0) is 39.5 Å². The summed E-state index contributed by atoms with van der Waals surface area (Å²) in [7, 11) is 0. The van der Waals surface area contributed by atoms with Gasteiger partial charge in [-0.2, -0.15) is 0 Å². The van der Waals surface area contributed by atoms with E-state index >= 15 is 0 Å². The lowest BCUT2D eigenvalue weighted by molar-refractivity contribution is 0.181. The SMILES string of the molecule is Cc1cc(N(C2CC2)C2CCN(Cc3cc(C)no3)CC2)ncn1. The van der Waals surface area contributed by atoms with Crippen molar-refractivity contribution in [3.05, 3.63) is 35.6 Å². The molecule has 0 spiro atoms. The minimum absolute atomic E-state index is 0.583. The number of piperidine rings is 1. The molecule has 128 valence electrons. The maximum atomic E-state index is 5.35. The van der Waals surface area contributed by atoms with E-state index < -0.39 is 0 Å². The van der Waals surface area contributed by atoms with Gasteiger partial charge in [0.1, 0.15) is 12.1 Å². The van der Waals surface area contributed by atoms with Crippen LogP contribution in [-0.4, -0.2) is 45.2 Å². The smallest absolute Gasteiger partial charge is 0.150 e. The van der Waals surface area contributed by atoms with Crippen molar-refractivity contribution < 1.29 is 4.52 Å². The van der Waals surface area contributed by atoms with Gasteiger partial charge in [0.15, 0.2) is 5.76 Å². The summed E-state index contributed by atoms with van der Waals surface area (Å²) >= 11 is 0. The summed E-state index contributed by atoms with van der Waals surface area (Å²) in [6.07, 6.45) is 6.63. The molecule has 0 aromatic carbocycles. The highest BCUT2D eigenvalue weighted by Gasteiger charge is 2.36. The van der Waals surface area contributed by atoms with Crippen LogP contribution in [0.1, 0.15) is 42.8 Å². The highest BCUT2D eigenvalue weighted by Crippen LogP contribution is 2.35. The van der Waals surface area contributed by atoms with Crippen LogP contribution >= 0.6 is 0 Å². The Morgan fingerprint density at radius 2 is 1.79 bits per heavy atom. The largest absolute Gasteiger partial charge is 0.360 e. The molecular weight excluding hydrogens is 302 g/mol.